The molecule has 2 N–H and O–H groups in total. The first-order chi connectivity index (χ1) is 9.59. The summed E-state index contributed by atoms with van der Waals surface area (Å²) < 4.78 is 0. The Bertz CT molecular complexity index is 422. The standard InChI is InChI=1S/C17H26N2O/c1-13-7-6-8-14(2)19(13)17(20)16(18)12-11-15-9-4-3-5-10-15/h3-5,9-10,13-14,16H,6-8,11-12,18H2,1-2H3/t13-,14+,16-/m0/s1. The molecule has 1 fully saturated rings. The van der Waals surface area contributed by atoms with E-state index < -0.39 is 0 Å². The van der Waals surface area contributed by atoms with Gasteiger partial charge < -0.3 is 10.6 Å². The molecule has 0 radical (unpaired) electrons. The van der Waals surface area contributed by atoms with E-state index in [1.807, 2.05) is 23.1 Å². The minimum atomic E-state index is -0.377. The number of carbonyl (C=O) groups is 1. The van der Waals surface area contributed by atoms with E-state index in [4.69, 9.17) is 5.73 Å². The van der Waals surface area contributed by atoms with E-state index in [9.17, 15) is 4.79 Å². The van der Waals surface area contributed by atoms with Gasteiger partial charge in [-0.15, -0.1) is 0 Å². The van der Waals surface area contributed by atoms with Crippen LogP contribution in [0, 0.1) is 0 Å². The van der Waals surface area contributed by atoms with Crippen molar-refractivity contribution in [3.8, 4) is 0 Å². The molecule has 0 aliphatic carbocycles. The van der Waals surface area contributed by atoms with E-state index >= 15 is 0 Å². The van der Waals surface area contributed by atoms with E-state index in [2.05, 4.69) is 26.0 Å². The van der Waals surface area contributed by atoms with Gasteiger partial charge in [0, 0.05) is 12.1 Å². The van der Waals surface area contributed by atoms with Crippen molar-refractivity contribution < 1.29 is 4.79 Å². The molecule has 1 aromatic rings. The van der Waals surface area contributed by atoms with Crippen LogP contribution in [0.1, 0.15) is 45.1 Å². The Morgan fingerprint density at radius 3 is 2.45 bits per heavy atom. The van der Waals surface area contributed by atoms with Crippen LogP contribution in [0.4, 0.5) is 0 Å². The number of carbonyl (C=O) groups excluding carboxylic acids is 1. The highest BCUT2D eigenvalue weighted by Crippen LogP contribution is 2.23. The number of nitrogens with two attached hydrogens (primary N) is 1. The van der Waals surface area contributed by atoms with Gasteiger partial charge in [-0.05, 0) is 51.5 Å². The van der Waals surface area contributed by atoms with E-state index in [-0.39, 0.29) is 11.9 Å². The molecular weight excluding hydrogens is 248 g/mol. The summed E-state index contributed by atoms with van der Waals surface area (Å²) in [5, 5.41) is 0. The molecule has 0 unspecified atom stereocenters. The largest absolute Gasteiger partial charge is 0.336 e. The highest BCUT2D eigenvalue weighted by Gasteiger charge is 2.31. The zero-order valence-electron chi connectivity index (χ0n) is 12.6. The van der Waals surface area contributed by atoms with E-state index in [0.717, 1.165) is 25.7 Å². The van der Waals surface area contributed by atoms with Crippen molar-refractivity contribution in [1.82, 2.24) is 4.90 Å². The van der Waals surface area contributed by atoms with E-state index in [1.165, 1.54) is 12.0 Å². The van der Waals surface area contributed by atoms with Crippen LogP contribution in [0.5, 0.6) is 0 Å². The van der Waals surface area contributed by atoms with E-state index in [0.29, 0.717) is 12.1 Å². The predicted molar refractivity (Wildman–Crippen MR) is 82.4 cm³/mol. The maximum absolute atomic E-state index is 12.5. The summed E-state index contributed by atoms with van der Waals surface area (Å²) in [6.07, 6.45) is 5.00. The van der Waals surface area contributed by atoms with Gasteiger partial charge in [-0.3, -0.25) is 4.79 Å². The molecular formula is C17H26N2O. The maximum Gasteiger partial charge on any atom is 0.239 e. The van der Waals surface area contributed by atoms with Crippen molar-refractivity contribution in [1.29, 1.82) is 0 Å². The summed E-state index contributed by atoms with van der Waals surface area (Å²) >= 11 is 0. The predicted octanol–water partition coefficient (Wildman–Crippen LogP) is 2.74. The maximum atomic E-state index is 12.5. The molecule has 1 heterocycles. The third-order valence-corrected chi connectivity index (χ3v) is 4.35. The summed E-state index contributed by atoms with van der Waals surface area (Å²) in [5.74, 6) is 0.126. The van der Waals surface area contributed by atoms with Gasteiger partial charge in [0.15, 0.2) is 0 Å². The van der Waals surface area contributed by atoms with Gasteiger partial charge in [0.1, 0.15) is 0 Å². The number of benzene rings is 1. The Kier molecular flexibility index (Phi) is 5.18. The van der Waals surface area contributed by atoms with Crippen LogP contribution < -0.4 is 5.73 Å². The topological polar surface area (TPSA) is 46.3 Å². The van der Waals surface area contributed by atoms with Gasteiger partial charge in [-0.1, -0.05) is 30.3 Å². The van der Waals surface area contributed by atoms with Crippen LogP contribution in [0.3, 0.4) is 0 Å². The lowest BCUT2D eigenvalue weighted by atomic mass is 9.95. The number of likely N-dealkylation sites (tertiary alicyclic amines) is 1. The Morgan fingerprint density at radius 1 is 1.25 bits per heavy atom. The van der Waals surface area contributed by atoms with Crippen molar-refractivity contribution >= 4 is 5.91 Å². The molecule has 1 aromatic carbocycles. The molecule has 1 saturated heterocycles. The van der Waals surface area contributed by atoms with Gasteiger partial charge in [-0.2, -0.15) is 0 Å². The number of amides is 1. The molecule has 0 aromatic heterocycles. The van der Waals surface area contributed by atoms with Gasteiger partial charge in [0.05, 0.1) is 6.04 Å². The van der Waals surface area contributed by atoms with Crippen molar-refractivity contribution in [3.05, 3.63) is 35.9 Å². The van der Waals surface area contributed by atoms with Crippen LogP contribution in [0.25, 0.3) is 0 Å². The first-order valence-electron chi connectivity index (χ1n) is 7.71. The summed E-state index contributed by atoms with van der Waals surface area (Å²) in [5.41, 5.74) is 7.37. The molecule has 110 valence electrons. The van der Waals surface area contributed by atoms with Crippen molar-refractivity contribution in [2.24, 2.45) is 5.73 Å². The average molecular weight is 274 g/mol. The van der Waals surface area contributed by atoms with Crippen molar-refractivity contribution in [2.75, 3.05) is 0 Å². The van der Waals surface area contributed by atoms with Crippen LogP contribution in [-0.2, 0) is 11.2 Å². The Hall–Kier alpha value is -1.35. The number of nitrogens with zero attached hydrogens (tertiary/aromatic N) is 1. The lowest BCUT2D eigenvalue weighted by molar-refractivity contribution is -0.138. The second-order valence-electron chi connectivity index (χ2n) is 6.01. The monoisotopic (exact) mass is 274 g/mol. The molecule has 0 spiro atoms. The zero-order chi connectivity index (χ0) is 14.5. The van der Waals surface area contributed by atoms with E-state index in [1.54, 1.807) is 0 Å². The van der Waals surface area contributed by atoms with Crippen molar-refractivity contribution in [3.63, 3.8) is 0 Å². The highest BCUT2D eigenvalue weighted by atomic mass is 16.2. The smallest absolute Gasteiger partial charge is 0.239 e. The molecule has 20 heavy (non-hydrogen) atoms. The summed E-state index contributed by atoms with van der Waals surface area (Å²) in [7, 11) is 0. The Balaban J connectivity index is 1.91. The number of hydrogen-bond donors (Lipinski definition) is 1. The zero-order valence-corrected chi connectivity index (χ0v) is 12.6. The third kappa shape index (κ3) is 3.60. The summed E-state index contributed by atoms with van der Waals surface area (Å²) in [6.45, 7) is 4.27. The fourth-order valence-electron chi connectivity index (χ4n) is 3.14. The van der Waals surface area contributed by atoms with Crippen molar-refractivity contribution in [2.45, 2.75) is 64.1 Å². The molecule has 0 bridgehead atoms. The SMILES string of the molecule is C[C@@H]1CCC[C@H](C)N1C(=O)[C@@H](N)CCc1ccccc1. The average Bonchev–Trinajstić information content (AvgIpc) is 2.45. The molecule has 3 heteroatoms. The Labute approximate surface area is 122 Å². The molecule has 1 aliphatic rings. The van der Waals surface area contributed by atoms with Crippen LogP contribution in [0.2, 0.25) is 0 Å². The van der Waals surface area contributed by atoms with Gasteiger partial charge in [-0.25, -0.2) is 0 Å². The Morgan fingerprint density at radius 2 is 1.85 bits per heavy atom. The van der Waals surface area contributed by atoms with Crippen LogP contribution in [0.15, 0.2) is 30.3 Å². The summed E-state index contributed by atoms with van der Waals surface area (Å²) in [6, 6.07) is 10.5. The first kappa shape index (κ1) is 15.0. The quantitative estimate of drug-likeness (QED) is 0.917. The number of hydrogen-bond acceptors (Lipinski definition) is 2. The molecule has 1 aliphatic heterocycles. The molecule has 0 saturated carbocycles. The fraction of sp³-hybridized carbons (Fsp3) is 0.588. The van der Waals surface area contributed by atoms with Gasteiger partial charge in [0.2, 0.25) is 5.91 Å². The highest BCUT2D eigenvalue weighted by molar-refractivity contribution is 5.82. The molecule has 3 atom stereocenters. The second-order valence-corrected chi connectivity index (χ2v) is 6.01. The normalized spacial score (nSPS) is 24.4. The second kappa shape index (κ2) is 6.89. The van der Waals surface area contributed by atoms with Gasteiger partial charge in [0.25, 0.3) is 0 Å². The molecule has 3 nitrogen and oxygen atoms in total. The fourth-order valence-corrected chi connectivity index (χ4v) is 3.14. The lowest BCUT2D eigenvalue weighted by Crippen LogP contribution is -2.53. The van der Waals surface area contributed by atoms with Crippen LogP contribution in [-0.4, -0.2) is 28.9 Å². The molecule has 1 amide bonds. The number of rotatable bonds is 4. The first-order valence-corrected chi connectivity index (χ1v) is 7.71. The summed E-state index contributed by atoms with van der Waals surface area (Å²) in [4.78, 5) is 14.6. The molecule has 2 rings (SSSR count). The minimum Gasteiger partial charge on any atom is -0.336 e. The van der Waals surface area contributed by atoms with Crippen LogP contribution >= 0.6 is 0 Å². The lowest BCUT2D eigenvalue weighted by Gasteiger charge is -2.40. The minimum absolute atomic E-state index is 0.126. The number of aryl methyl sites for hydroxylation is 1. The van der Waals surface area contributed by atoms with Gasteiger partial charge >= 0.3 is 0 Å². The third-order valence-electron chi connectivity index (χ3n) is 4.35. The number of piperidine rings is 1.